The lowest BCUT2D eigenvalue weighted by atomic mass is 9.95. The molecule has 2 rings (SSSR count). The maximum Gasteiger partial charge on any atom is 0.309 e. The summed E-state index contributed by atoms with van der Waals surface area (Å²) in [5.41, 5.74) is 0. The molecule has 0 unspecified atom stereocenters. The van der Waals surface area contributed by atoms with Crippen LogP contribution in [-0.2, 0) is 19.1 Å². The van der Waals surface area contributed by atoms with Crippen LogP contribution in [0.5, 0.6) is 0 Å². The molecule has 2 aliphatic carbocycles. The molecule has 0 N–H and O–H groups in total. The molecule has 2 aliphatic rings. The van der Waals surface area contributed by atoms with Crippen LogP contribution in [0.2, 0.25) is 0 Å². The van der Waals surface area contributed by atoms with Crippen molar-refractivity contribution in [3.8, 4) is 0 Å². The number of carbonyl (C=O) groups excluding carboxylic acids is 2. The molecule has 4 heteroatoms. The van der Waals surface area contributed by atoms with Crippen molar-refractivity contribution in [2.75, 3.05) is 13.2 Å². The zero-order chi connectivity index (χ0) is 14.2. The van der Waals surface area contributed by atoms with Gasteiger partial charge in [0.15, 0.2) is 0 Å². The van der Waals surface area contributed by atoms with Crippen molar-refractivity contribution in [2.24, 2.45) is 11.8 Å². The molecule has 0 aromatic carbocycles. The van der Waals surface area contributed by atoms with Crippen LogP contribution in [0.4, 0.5) is 0 Å². The van der Waals surface area contributed by atoms with E-state index in [0.29, 0.717) is 0 Å². The average molecular weight is 278 g/mol. The van der Waals surface area contributed by atoms with E-state index in [2.05, 4.69) is 12.2 Å². The van der Waals surface area contributed by atoms with E-state index in [1.54, 1.807) is 0 Å². The van der Waals surface area contributed by atoms with Crippen molar-refractivity contribution < 1.29 is 19.1 Å². The van der Waals surface area contributed by atoms with Crippen molar-refractivity contribution in [3.63, 3.8) is 0 Å². The molecule has 0 spiro atoms. The summed E-state index contributed by atoms with van der Waals surface area (Å²) < 4.78 is 10.3. The van der Waals surface area contributed by atoms with Gasteiger partial charge in [-0.25, -0.2) is 0 Å². The van der Waals surface area contributed by atoms with Crippen molar-refractivity contribution in [1.29, 1.82) is 0 Å². The van der Waals surface area contributed by atoms with Gasteiger partial charge in [-0.3, -0.25) is 9.59 Å². The minimum atomic E-state index is -0.175. The fraction of sp³-hybridized carbons (Fsp3) is 0.625. The van der Waals surface area contributed by atoms with Gasteiger partial charge in [0.1, 0.15) is 13.2 Å². The van der Waals surface area contributed by atoms with E-state index in [9.17, 15) is 9.59 Å². The SMILES string of the molecule is O=C(OCCOC(=O)[C@H]1CC=CCC1)[C@@H]1CC=CCC1. The van der Waals surface area contributed by atoms with Gasteiger partial charge in [-0.2, -0.15) is 0 Å². The zero-order valence-corrected chi connectivity index (χ0v) is 11.8. The second kappa shape index (κ2) is 7.88. The smallest absolute Gasteiger partial charge is 0.309 e. The first-order valence-electron chi connectivity index (χ1n) is 7.40. The molecule has 0 fully saturated rings. The highest BCUT2D eigenvalue weighted by Crippen LogP contribution is 2.20. The predicted octanol–water partition coefficient (Wildman–Crippen LogP) is 2.79. The molecule has 0 radical (unpaired) electrons. The molecule has 0 aromatic heterocycles. The number of ether oxygens (including phenoxy) is 2. The van der Waals surface area contributed by atoms with Crippen LogP contribution < -0.4 is 0 Å². The lowest BCUT2D eigenvalue weighted by Crippen LogP contribution is -2.23. The van der Waals surface area contributed by atoms with E-state index in [-0.39, 0.29) is 37.0 Å². The number of rotatable bonds is 5. The molecule has 0 amide bonds. The van der Waals surface area contributed by atoms with E-state index in [1.807, 2.05) is 12.2 Å². The normalized spacial score (nSPS) is 25.2. The average Bonchev–Trinajstić information content (AvgIpc) is 2.53. The number of carbonyl (C=O) groups is 2. The largest absolute Gasteiger partial charge is 0.462 e. The summed E-state index contributed by atoms with van der Waals surface area (Å²) in [4.78, 5) is 23.5. The van der Waals surface area contributed by atoms with Crippen molar-refractivity contribution in [1.82, 2.24) is 0 Å². The van der Waals surface area contributed by atoms with Crippen LogP contribution in [0.1, 0.15) is 38.5 Å². The number of allylic oxidation sites excluding steroid dienone is 4. The molecular formula is C16H22O4. The highest BCUT2D eigenvalue weighted by atomic mass is 16.6. The van der Waals surface area contributed by atoms with E-state index in [0.717, 1.165) is 38.5 Å². The maximum absolute atomic E-state index is 11.7. The Hall–Kier alpha value is -1.58. The van der Waals surface area contributed by atoms with Crippen LogP contribution in [0, 0.1) is 11.8 Å². The summed E-state index contributed by atoms with van der Waals surface area (Å²) in [6, 6.07) is 0. The van der Waals surface area contributed by atoms with Gasteiger partial charge in [0.05, 0.1) is 11.8 Å². The molecule has 0 saturated carbocycles. The Kier molecular flexibility index (Phi) is 5.84. The predicted molar refractivity (Wildman–Crippen MR) is 74.9 cm³/mol. The molecule has 0 aliphatic heterocycles. The van der Waals surface area contributed by atoms with Crippen molar-refractivity contribution in [2.45, 2.75) is 38.5 Å². The summed E-state index contributed by atoms with van der Waals surface area (Å²) in [7, 11) is 0. The van der Waals surface area contributed by atoms with Gasteiger partial charge in [0.2, 0.25) is 0 Å². The Labute approximate surface area is 119 Å². The highest BCUT2D eigenvalue weighted by molar-refractivity contribution is 5.73. The van der Waals surface area contributed by atoms with E-state index < -0.39 is 0 Å². The van der Waals surface area contributed by atoms with Crippen LogP contribution in [0.15, 0.2) is 24.3 Å². The van der Waals surface area contributed by atoms with Crippen molar-refractivity contribution in [3.05, 3.63) is 24.3 Å². The summed E-state index contributed by atoms with van der Waals surface area (Å²) in [5.74, 6) is -0.407. The molecular weight excluding hydrogens is 256 g/mol. The maximum atomic E-state index is 11.7. The van der Waals surface area contributed by atoms with Gasteiger partial charge in [0, 0.05) is 0 Å². The molecule has 2 atom stereocenters. The molecule has 0 aromatic rings. The van der Waals surface area contributed by atoms with Crippen LogP contribution in [-0.4, -0.2) is 25.2 Å². The van der Waals surface area contributed by atoms with Crippen LogP contribution in [0.3, 0.4) is 0 Å². The molecule has 20 heavy (non-hydrogen) atoms. The standard InChI is InChI=1S/C16H22O4/c17-15(13-7-3-1-4-8-13)19-11-12-20-16(18)14-9-5-2-6-10-14/h1-3,5,13-14H,4,6-12H2/t13-,14+. The summed E-state index contributed by atoms with van der Waals surface area (Å²) in [5, 5.41) is 0. The minimum absolute atomic E-state index is 0.0285. The molecule has 0 bridgehead atoms. The van der Waals surface area contributed by atoms with E-state index in [1.165, 1.54) is 0 Å². The second-order valence-electron chi connectivity index (χ2n) is 5.30. The van der Waals surface area contributed by atoms with Gasteiger partial charge in [-0.15, -0.1) is 0 Å². The Morgan fingerprint density at radius 1 is 0.800 bits per heavy atom. The van der Waals surface area contributed by atoms with E-state index in [4.69, 9.17) is 9.47 Å². The summed E-state index contributed by atoms with van der Waals surface area (Å²) in [6.07, 6.45) is 13.3. The van der Waals surface area contributed by atoms with Gasteiger partial charge in [-0.1, -0.05) is 24.3 Å². The Morgan fingerprint density at radius 3 is 1.60 bits per heavy atom. The van der Waals surface area contributed by atoms with Gasteiger partial charge in [0.25, 0.3) is 0 Å². The Bertz CT molecular complexity index is 359. The zero-order valence-electron chi connectivity index (χ0n) is 11.8. The first-order valence-corrected chi connectivity index (χ1v) is 7.40. The van der Waals surface area contributed by atoms with Gasteiger partial charge in [-0.05, 0) is 38.5 Å². The minimum Gasteiger partial charge on any atom is -0.462 e. The first-order chi connectivity index (χ1) is 9.77. The Morgan fingerprint density at radius 2 is 1.25 bits per heavy atom. The van der Waals surface area contributed by atoms with Crippen LogP contribution in [0.25, 0.3) is 0 Å². The lowest BCUT2D eigenvalue weighted by molar-refractivity contribution is -0.157. The third kappa shape index (κ3) is 4.51. The monoisotopic (exact) mass is 278 g/mol. The Balaban J connectivity index is 1.58. The van der Waals surface area contributed by atoms with Crippen molar-refractivity contribution >= 4 is 11.9 Å². The second-order valence-corrected chi connectivity index (χ2v) is 5.30. The number of esters is 2. The molecule has 4 nitrogen and oxygen atoms in total. The third-order valence-corrected chi connectivity index (χ3v) is 3.78. The lowest BCUT2D eigenvalue weighted by Gasteiger charge is -2.18. The summed E-state index contributed by atoms with van der Waals surface area (Å²) >= 11 is 0. The molecule has 110 valence electrons. The summed E-state index contributed by atoms with van der Waals surface area (Å²) in [6.45, 7) is 0.320. The third-order valence-electron chi connectivity index (χ3n) is 3.78. The number of hydrogen-bond donors (Lipinski definition) is 0. The molecule has 0 heterocycles. The quantitative estimate of drug-likeness (QED) is 0.441. The van der Waals surface area contributed by atoms with Gasteiger partial charge >= 0.3 is 11.9 Å². The first kappa shape index (κ1) is 14.8. The highest BCUT2D eigenvalue weighted by Gasteiger charge is 2.21. The number of hydrogen-bond acceptors (Lipinski definition) is 4. The fourth-order valence-electron chi connectivity index (χ4n) is 2.54. The topological polar surface area (TPSA) is 52.6 Å². The fourth-order valence-corrected chi connectivity index (χ4v) is 2.54. The van der Waals surface area contributed by atoms with Gasteiger partial charge < -0.3 is 9.47 Å². The van der Waals surface area contributed by atoms with Crippen LogP contribution >= 0.6 is 0 Å². The molecule has 0 saturated heterocycles. The van der Waals surface area contributed by atoms with E-state index >= 15 is 0 Å².